The molecule has 9 nitrogen and oxygen atoms in total. The number of cyclic esters (lactones) is 1. The van der Waals surface area contributed by atoms with Gasteiger partial charge in [-0.15, -0.1) is 0 Å². The summed E-state index contributed by atoms with van der Waals surface area (Å²) in [7, 11) is 0. The van der Waals surface area contributed by atoms with Crippen molar-refractivity contribution >= 4 is 23.5 Å². The highest BCUT2D eigenvalue weighted by Crippen LogP contribution is 2.36. The van der Waals surface area contributed by atoms with Gasteiger partial charge in [0.25, 0.3) is 0 Å². The standard InChI is InChI=1S/C20H21N3O6/c1-2-26-16-6-4-3-5-15(16)22-19(24)21-10-14-11-23(20(25)29-14)13-7-8-17-18(9-13)28-12-27-17/h3-9,14H,2,10-12H2,1H3,(H2,21,22,24). The first-order chi connectivity index (χ1) is 14.1. The highest BCUT2D eigenvalue weighted by Gasteiger charge is 2.33. The number of urea groups is 1. The third kappa shape index (κ3) is 4.13. The van der Waals surface area contributed by atoms with Gasteiger partial charge >= 0.3 is 12.1 Å². The number of rotatable bonds is 6. The second-order valence-corrected chi connectivity index (χ2v) is 6.42. The molecule has 3 amide bonds. The van der Waals surface area contributed by atoms with Gasteiger partial charge in [-0.25, -0.2) is 9.59 Å². The molecule has 1 unspecified atom stereocenters. The van der Waals surface area contributed by atoms with Crippen LogP contribution in [0, 0.1) is 0 Å². The topological polar surface area (TPSA) is 98.4 Å². The highest BCUT2D eigenvalue weighted by atomic mass is 16.7. The second kappa shape index (κ2) is 8.17. The fraction of sp³-hybridized carbons (Fsp3) is 0.300. The van der Waals surface area contributed by atoms with Gasteiger partial charge in [0.1, 0.15) is 11.9 Å². The van der Waals surface area contributed by atoms with E-state index in [1.165, 1.54) is 4.90 Å². The fourth-order valence-corrected chi connectivity index (χ4v) is 3.12. The average Bonchev–Trinajstić information content (AvgIpc) is 3.33. The minimum Gasteiger partial charge on any atom is -0.492 e. The molecule has 4 rings (SSSR count). The Labute approximate surface area is 167 Å². The molecule has 0 radical (unpaired) electrons. The van der Waals surface area contributed by atoms with Crippen molar-refractivity contribution < 1.29 is 28.5 Å². The summed E-state index contributed by atoms with van der Waals surface area (Å²) in [6.07, 6.45) is -0.946. The van der Waals surface area contributed by atoms with Crippen LogP contribution in [-0.2, 0) is 4.74 Å². The third-order valence-corrected chi connectivity index (χ3v) is 4.47. The van der Waals surface area contributed by atoms with Crippen molar-refractivity contribution in [3.63, 3.8) is 0 Å². The Hall–Kier alpha value is -3.62. The van der Waals surface area contributed by atoms with Crippen LogP contribution in [0.2, 0.25) is 0 Å². The second-order valence-electron chi connectivity index (χ2n) is 6.42. The quantitative estimate of drug-likeness (QED) is 0.775. The number of nitrogens with one attached hydrogen (secondary N) is 2. The zero-order chi connectivity index (χ0) is 20.2. The van der Waals surface area contributed by atoms with Crippen LogP contribution in [0.3, 0.4) is 0 Å². The smallest absolute Gasteiger partial charge is 0.414 e. The molecule has 2 heterocycles. The van der Waals surface area contributed by atoms with E-state index in [1.807, 2.05) is 13.0 Å². The molecule has 0 spiro atoms. The van der Waals surface area contributed by atoms with Gasteiger partial charge in [0.05, 0.1) is 31.1 Å². The fourth-order valence-electron chi connectivity index (χ4n) is 3.12. The molecule has 2 aliphatic rings. The number of hydrogen-bond acceptors (Lipinski definition) is 6. The molecular weight excluding hydrogens is 378 g/mol. The van der Waals surface area contributed by atoms with Gasteiger partial charge in [0, 0.05) is 6.07 Å². The maximum Gasteiger partial charge on any atom is 0.414 e. The lowest BCUT2D eigenvalue weighted by Gasteiger charge is -2.14. The molecule has 9 heteroatoms. The number of fused-ring (bicyclic) bond motifs is 1. The lowest BCUT2D eigenvalue weighted by atomic mass is 10.2. The van der Waals surface area contributed by atoms with Crippen molar-refractivity contribution in [3.05, 3.63) is 42.5 Å². The van der Waals surface area contributed by atoms with Crippen LogP contribution in [0.1, 0.15) is 6.92 Å². The molecule has 1 saturated heterocycles. The average molecular weight is 399 g/mol. The van der Waals surface area contributed by atoms with E-state index in [9.17, 15) is 9.59 Å². The van der Waals surface area contributed by atoms with Crippen molar-refractivity contribution in [2.75, 3.05) is 36.7 Å². The van der Waals surface area contributed by atoms with E-state index in [4.69, 9.17) is 18.9 Å². The summed E-state index contributed by atoms with van der Waals surface area (Å²) < 4.78 is 21.5. The number of nitrogens with zero attached hydrogens (tertiary/aromatic N) is 1. The molecule has 0 aromatic heterocycles. The van der Waals surface area contributed by atoms with Crippen molar-refractivity contribution in [3.8, 4) is 17.2 Å². The van der Waals surface area contributed by atoms with Crippen LogP contribution in [0.25, 0.3) is 0 Å². The van der Waals surface area contributed by atoms with Gasteiger partial charge in [-0.2, -0.15) is 0 Å². The van der Waals surface area contributed by atoms with Crippen LogP contribution >= 0.6 is 0 Å². The van der Waals surface area contributed by atoms with Crippen molar-refractivity contribution in [1.82, 2.24) is 5.32 Å². The summed E-state index contributed by atoms with van der Waals surface area (Å²) in [4.78, 5) is 25.9. The number of para-hydroxylation sites is 2. The minimum absolute atomic E-state index is 0.164. The molecule has 2 aliphatic heterocycles. The number of carbonyl (C=O) groups excluding carboxylic acids is 2. The number of carbonyl (C=O) groups is 2. The molecular formula is C20H21N3O6. The van der Waals surface area contributed by atoms with Gasteiger partial charge in [-0.1, -0.05) is 12.1 Å². The van der Waals surface area contributed by atoms with Gasteiger partial charge in [-0.05, 0) is 31.2 Å². The number of hydrogen-bond donors (Lipinski definition) is 2. The van der Waals surface area contributed by atoms with Crippen molar-refractivity contribution in [2.45, 2.75) is 13.0 Å². The molecule has 2 aromatic carbocycles. The van der Waals surface area contributed by atoms with E-state index in [1.54, 1.807) is 36.4 Å². The molecule has 152 valence electrons. The number of benzene rings is 2. The summed E-state index contributed by atoms with van der Waals surface area (Å²) >= 11 is 0. The lowest BCUT2D eigenvalue weighted by molar-refractivity contribution is 0.141. The maximum atomic E-state index is 12.2. The molecule has 1 atom stereocenters. The lowest BCUT2D eigenvalue weighted by Crippen LogP contribution is -2.37. The summed E-state index contributed by atoms with van der Waals surface area (Å²) in [5.41, 5.74) is 1.22. The van der Waals surface area contributed by atoms with E-state index in [0.717, 1.165) is 0 Å². The first-order valence-corrected chi connectivity index (χ1v) is 9.28. The number of anilines is 2. The molecule has 0 bridgehead atoms. The first kappa shape index (κ1) is 18.7. The van der Waals surface area contributed by atoms with Gasteiger partial charge < -0.3 is 29.6 Å². The third-order valence-electron chi connectivity index (χ3n) is 4.47. The predicted molar refractivity (Wildman–Crippen MR) is 105 cm³/mol. The predicted octanol–water partition coefficient (Wildman–Crippen LogP) is 2.96. The van der Waals surface area contributed by atoms with Crippen LogP contribution in [0.15, 0.2) is 42.5 Å². The van der Waals surface area contributed by atoms with Crippen LogP contribution < -0.4 is 29.7 Å². The Morgan fingerprint density at radius 1 is 1.21 bits per heavy atom. The Morgan fingerprint density at radius 2 is 2.03 bits per heavy atom. The normalized spacial score (nSPS) is 17.1. The zero-order valence-electron chi connectivity index (χ0n) is 15.8. The molecule has 2 aromatic rings. The largest absolute Gasteiger partial charge is 0.492 e. The Bertz CT molecular complexity index is 919. The van der Waals surface area contributed by atoms with E-state index in [0.29, 0.717) is 41.8 Å². The molecule has 0 saturated carbocycles. The van der Waals surface area contributed by atoms with Crippen LogP contribution in [-0.4, -0.2) is 44.7 Å². The van der Waals surface area contributed by atoms with Crippen molar-refractivity contribution in [1.29, 1.82) is 0 Å². The Kier molecular flexibility index (Phi) is 5.28. The molecule has 29 heavy (non-hydrogen) atoms. The zero-order valence-corrected chi connectivity index (χ0v) is 15.8. The molecule has 0 aliphatic carbocycles. The van der Waals surface area contributed by atoms with Gasteiger partial charge in [0.2, 0.25) is 6.79 Å². The summed E-state index contributed by atoms with van der Waals surface area (Å²) in [5, 5.41) is 5.46. The first-order valence-electron chi connectivity index (χ1n) is 9.28. The maximum absolute atomic E-state index is 12.2. The van der Waals surface area contributed by atoms with E-state index in [-0.39, 0.29) is 13.3 Å². The summed E-state index contributed by atoms with van der Waals surface area (Å²) in [5.74, 6) is 1.82. The summed E-state index contributed by atoms with van der Waals surface area (Å²) in [6.45, 7) is 3.02. The van der Waals surface area contributed by atoms with Gasteiger partial charge in [-0.3, -0.25) is 4.90 Å². The minimum atomic E-state index is -0.474. The monoisotopic (exact) mass is 399 g/mol. The van der Waals surface area contributed by atoms with Crippen molar-refractivity contribution in [2.24, 2.45) is 0 Å². The number of ether oxygens (including phenoxy) is 4. The SMILES string of the molecule is CCOc1ccccc1NC(=O)NCC1CN(c2ccc3c(c2)OCO3)C(=O)O1. The highest BCUT2D eigenvalue weighted by molar-refractivity contribution is 5.92. The molecule has 1 fully saturated rings. The van der Waals surface area contributed by atoms with E-state index in [2.05, 4.69) is 10.6 Å². The van der Waals surface area contributed by atoms with E-state index < -0.39 is 18.2 Å². The van der Waals surface area contributed by atoms with Gasteiger partial charge in [0.15, 0.2) is 11.5 Å². The van der Waals surface area contributed by atoms with Crippen LogP contribution in [0.5, 0.6) is 17.2 Å². The van der Waals surface area contributed by atoms with E-state index >= 15 is 0 Å². The molecule has 2 N–H and O–H groups in total. The Balaban J connectivity index is 1.32. The van der Waals surface area contributed by atoms with Crippen LogP contribution in [0.4, 0.5) is 21.0 Å². The number of amides is 3. The Morgan fingerprint density at radius 3 is 2.90 bits per heavy atom. The summed E-state index contributed by atoms with van der Waals surface area (Å²) in [6, 6.07) is 12.0.